The summed E-state index contributed by atoms with van der Waals surface area (Å²) in [5, 5.41) is 14.7. The Morgan fingerprint density at radius 2 is 1.83 bits per heavy atom. The van der Waals surface area contributed by atoms with E-state index in [1.165, 1.54) is 37.9 Å². The van der Waals surface area contributed by atoms with E-state index in [-0.39, 0.29) is 18.7 Å². The Bertz CT molecular complexity index is 484. The van der Waals surface area contributed by atoms with Gasteiger partial charge in [-0.1, -0.05) is 37.6 Å². The van der Waals surface area contributed by atoms with E-state index < -0.39 is 0 Å². The first kappa shape index (κ1) is 18.7. The second-order valence-electron chi connectivity index (χ2n) is 6.60. The molecule has 2 rings (SSSR count). The monoisotopic (exact) mass is 333 g/mol. The number of hydrogen-bond donors (Lipinski definition) is 3. The molecule has 1 saturated heterocycles. The highest BCUT2D eigenvalue weighted by Gasteiger charge is 2.11. The second-order valence-corrected chi connectivity index (χ2v) is 6.60. The van der Waals surface area contributed by atoms with Gasteiger partial charge in [-0.2, -0.15) is 0 Å². The quantitative estimate of drug-likeness (QED) is 0.685. The third-order valence-corrected chi connectivity index (χ3v) is 4.64. The molecule has 5 heteroatoms. The van der Waals surface area contributed by atoms with Gasteiger partial charge in [0.25, 0.3) is 0 Å². The Labute approximate surface area is 145 Å². The minimum absolute atomic E-state index is 0.0296. The van der Waals surface area contributed by atoms with Crippen molar-refractivity contribution < 1.29 is 9.90 Å². The number of carbonyl (C=O) groups excluding carboxylic acids is 1. The average Bonchev–Trinajstić information content (AvgIpc) is 2.61. The van der Waals surface area contributed by atoms with Crippen LogP contribution in [0.4, 0.5) is 4.79 Å². The molecule has 1 heterocycles. The van der Waals surface area contributed by atoms with Crippen molar-refractivity contribution in [2.45, 2.75) is 58.2 Å². The predicted octanol–water partition coefficient (Wildman–Crippen LogP) is 2.63. The molecule has 0 saturated carbocycles. The summed E-state index contributed by atoms with van der Waals surface area (Å²) in [5.74, 6) is 0. The summed E-state index contributed by atoms with van der Waals surface area (Å²) in [6.45, 7) is 6.05. The van der Waals surface area contributed by atoms with Gasteiger partial charge in [-0.3, -0.25) is 4.90 Å². The summed E-state index contributed by atoms with van der Waals surface area (Å²) < 4.78 is 0. The molecule has 5 nitrogen and oxygen atoms in total. The number of nitrogens with zero attached hydrogens (tertiary/aromatic N) is 1. The van der Waals surface area contributed by atoms with Crippen LogP contribution in [0.2, 0.25) is 0 Å². The zero-order valence-corrected chi connectivity index (χ0v) is 14.8. The molecule has 0 aliphatic carbocycles. The van der Waals surface area contributed by atoms with Crippen LogP contribution in [0, 0.1) is 0 Å². The molecule has 24 heavy (non-hydrogen) atoms. The van der Waals surface area contributed by atoms with Gasteiger partial charge in [0.2, 0.25) is 0 Å². The fourth-order valence-electron chi connectivity index (χ4n) is 3.09. The van der Waals surface area contributed by atoms with Crippen molar-refractivity contribution in [2.75, 3.05) is 19.7 Å². The van der Waals surface area contributed by atoms with E-state index in [9.17, 15) is 4.79 Å². The molecule has 3 N–H and O–H groups in total. The average molecular weight is 333 g/mol. The van der Waals surface area contributed by atoms with Crippen molar-refractivity contribution in [3.8, 4) is 0 Å². The smallest absolute Gasteiger partial charge is 0.315 e. The van der Waals surface area contributed by atoms with Crippen LogP contribution < -0.4 is 10.6 Å². The standard InChI is InChI=1S/C19H31N3O2/c1-2-18(10-13-23)21-19(24)20-14-16-6-8-17(9-7-16)15-22-11-4-3-5-12-22/h6-9,18,23H,2-5,10-15H2,1H3,(H2,20,21,24). The SMILES string of the molecule is CCC(CCO)NC(=O)NCc1ccc(CN2CCCCC2)cc1. The number of piperidine rings is 1. The largest absolute Gasteiger partial charge is 0.396 e. The van der Waals surface area contributed by atoms with Crippen LogP contribution in [0.5, 0.6) is 0 Å². The van der Waals surface area contributed by atoms with Gasteiger partial charge in [-0.25, -0.2) is 4.79 Å². The van der Waals surface area contributed by atoms with Gasteiger partial charge in [0, 0.05) is 25.7 Å². The minimum Gasteiger partial charge on any atom is -0.396 e. The van der Waals surface area contributed by atoms with Crippen molar-refractivity contribution in [3.05, 3.63) is 35.4 Å². The molecular formula is C19H31N3O2. The summed E-state index contributed by atoms with van der Waals surface area (Å²) in [6, 6.07) is 8.35. The zero-order chi connectivity index (χ0) is 17.2. The molecule has 1 aliphatic rings. The van der Waals surface area contributed by atoms with Crippen LogP contribution in [0.15, 0.2) is 24.3 Å². The maximum absolute atomic E-state index is 11.9. The molecule has 1 aromatic carbocycles. The summed E-state index contributed by atoms with van der Waals surface area (Å²) in [5.41, 5.74) is 2.43. The van der Waals surface area contributed by atoms with Gasteiger partial charge in [0.05, 0.1) is 0 Å². The third kappa shape index (κ3) is 6.49. The first-order valence-electron chi connectivity index (χ1n) is 9.16. The van der Waals surface area contributed by atoms with Gasteiger partial charge in [0.15, 0.2) is 0 Å². The number of urea groups is 1. The highest BCUT2D eigenvalue weighted by Crippen LogP contribution is 2.13. The summed E-state index contributed by atoms with van der Waals surface area (Å²) in [7, 11) is 0. The van der Waals surface area contributed by atoms with E-state index in [2.05, 4.69) is 39.8 Å². The van der Waals surface area contributed by atoms with Gasteiger partial charge >= 0.3 is 6.03 Å². The fraction of sp³-hybridized carbons (Fsp3) is 0.632. The van der Waals surface area contributed by atoms with Crippen LogP contribution in [0.1, 0.15) is 50.2 Å². The highest BCUT2D eigenvalue weighted by atomic mass is 16.3. The van der Waals surface area contributed by atoms with E-state index in [1.807, 2.05) is 6.92 Å². The molecular weight excluding hydrogens is 302 g/mol. The number of likely N-dealkylation sites (tertiary alicyclic amines) is 1. The predicted molar refractivity (Wildman–Crippen MR) is 96.7 cm³/mol. The summed E-state index contributed by atoms with van der Waals surface area (Å²) >= 11 is 0. The molecule has 1 unspecified atom stereocenters. The number of rotatable bonds is 8. The number of carbonyl (C=O) groups is 1. The fourth-order valence-corrected chi connectivity index (χ4v) is 3.09. The summed E-state index contributed by atoms with van der Waals surface area (Å²) in [4.78, 5) is 14.4. The lowest BCUT2D eigenvalue weighted by atomic mass is 10.1. The molecule has 1 aromatic rings. The van der Waals surface area contributed by atoms with Crippen LogP contribution in [0.25, 0.3) is 0 Å². The van der Waals surface area contributed by atoms with Crippen molar-refractivity contribution in [2.24, 2.45) is 0 Å². The zero-order valence-electron chi connectivity index (χ0n) is 14.8. The molecule has 1 atom stereocenters. The van der Waals surface area contributed by atoms with Gasteiger partial charge < -0.3 is 15.7 Å². The molecule has 1 fully saturated rings. The molecule has 1 aliphatic heterocycles. The Kier molecular flexibility index (Phi) is 8.05. The number of aliphatic hydroxyl groups excluding tert-OH is 1. The highest BCUT2D eigenvalue weighted by molar-refractivity contribution is 5.74. The Hall–Kier alpha value is -1.59. The number of benzene rings is 1. The van der Waals surface area contributed by atoms with Crippen molar-refractivity contribution in [3.63, 3.8) is 0 Å². The maximum atomic E-state index is 11.9. The molecule has 0 aromatic heterocycles. The van der Waals surface area contributed by atoms with Crippen LogP contribution >= 0.6 is 0 Å². The lowest BCUT2D eigenvalue weighted by Gasteiger charge is -2.26. The van der Waals surface area contributed by atoms with E-state index in [0.29, 0.717) is 13.0 Å². The van der Waals surface area contributed by atoms with E-state index in [0.717, 1.165) is 18.5 Å². The molecule has 0 radical (unpaired) electrons. The van der Waals surface area contributed by atoms with Gasteiger partial charge in [0.1, 0.15) is 0 Å². The Morgan fingerprint density at radius 3 is 2.46 bits per heavy atom. The third-order valence-electron chi connectivity index (χ3n) is 4.64. The van der Waals surface area contributed by atoms with E-state index in [1.54, 1.807) is 0 Å². The first-order valence-corrected chi connectivity index (χ1v) is 9.16. The Balaban J connectivity index is 1.73. The molecule has 0 bridgehead atoms. The number of aliphatic hydroxyl groups is 1. The Morgan fingerprint density at radius 1 is 1.17 bits per heavy atom. The lowest BCUT2D eigenvalue weighted by Crippen LogP contribution is -2.41. The molecule has 134 valence electrons. The molecule has 0 spiro atoms. The first-order chi connectivity index (χ1) is 11.7. The second kappa shape index (κ2) is 10.3. The topological polar surface area (TPSA) is 64.6 Å². The van der Waals surface area contributed by atoms with Gasteiger partial charge in [-0.05, 0) is 49.9 Å². The van der Waals surface area contributed by atoms with Crippen LogP contribution in [-0.2, 0) is 13.1 Å². The van der Waals surface area contributed by atoms with Crippen molar-refractivity contribution in [1.82, 2.24) is 15.5 Å². The van der Waals surface area contributed by atoms with Gasteiger partial charge in [-0.15, -0.1) is 0 Å². The normalized spacial score (nSPS) is 16.6. The maximum Gasteiger partial charge on any atom is 0.315 e. The lowest BCUT2D eigenvalue weighted by molar-refractivity contribution is 0.221. The molecule has 2 amide bonds. The van der Waals surface area contributed by atoms with E-state index >= 15 is 0 Å². The van der Waals surface area contributed by atoms with Crippen molar-refractivity contribution in [1.29, 1.82) is 0 Å². The van der Waals surface area contributed by atoms with Crippen molar-refractivity contribution >= 4 is 6.03 Å². The number of hydrogen-bond acceptors (Lipinski definition) is 3. The van der Waals surface area contributed by atoms with Crippen LogP contribution in [0.3, 0.4) is 0 Å². The van der Waals surface area contributed by atoms with Crippen LogP contribution in [-0.4, -0.2) is 41.8 Å². The number of nitrogens with one attached hydrogen (secondary N) is 2. The summed E-state index contributed by atoms with van der Waals surface area (Å²) in [6.07, 6.45) is 5.40. The minimum atomic E-state index is -0.173. The number of amides is 2. The van der Waals surface area contributed by atoms with E-state index in [4.69, 9.17) is 5.11 Å².